The first-order chi connectivity index (χ1) is 3.27. The Bertz CT molecular complexity index is 51.1. The molecule has 41 valence electrons. The minimum absolute atomic E-state index is 0.682. The molecule has 0 atom stereocenters. The predicted molar refractivity (Wildman–Crippen MR) is 34.0 cm³/mol. The highest BCUT2D eigenvalue weighted by Gasteiger charge is 1.78. The Kier molecular flexibility index (Phi) is 3.77. The van der Waals surface area contributed by atoms with Gasteiger partial charge in [0.25, 0.3) is 0 Å². The highest BCUT2D eigenvalue weighted by Crippen LogP contribution is 1.93. The fourth-order valence-corrected chi connectivity index (χ4v) is 0.368. The zero-order valence-electron chi connectivity index (χ0n) is 5.15. The summed E-state index contributed by atoms with van der Waals surface area (Å²) >= 11 is 0. The quantitative estimate of drug-likeness (QED) is 0.464. The Balaban J connectivity index is 3.08. The second-order valence-corrected chi connectivity index (χ2v) is 1.96. The number of allylic oxidation sites excluding steroid dienone is 2. The van der Waals surface area contributed by atoms with Gasteiger partial charge in [-0.2, -0.15) is 0 Å². The molecule has 0 heterocycles. The Morgan fingerprint density at radius 2 is 2.14 bits per heavy atom. The summed E-state index contributed by atoms with van der Waals surface area (Å²) in [5, 5.41) is 0. The lowest BCUT2D eigenvalue weighted by Gasteiger charge is -1.88. The van der Waals surface area contributed by atoms with Gasteiger partial charge in [0.05, 0.1) is 0 Å². The minimum atomic E-state index is 0.682. The van der Waals surface area contributed by atoms with E-state index >= 15 is 0 Å². The van der Waals surface area contributed by atoms with Crippen LogP contribution in [0.3, 0.4) is 0 Å². The smallest absolute Gasteiger partial charge is 0.0290 e. The van der Waals surface area contributed by atoms with Crippen molar-refractivity contribution in [2.24, 2.45) is 5.92 Å². The number of hydrogen-bond acceptors (Lipinski definition) is 0. The average Bonchev–Trinajstić information content (AvgIpc) is 1.61. The van der Waals surface area contributed by atoms with Gasteiger partial charge in [0.15, 0.2) is 0 Å². The first-order valence-electron chi connectivity index (χ1n) is 2.73. The van der Waals surface area contributed by atoms with Gasteiger partial charge in [0.1, 0.15) is 0 Å². The Morgan fingerprint density at radius 1 is 1.57 bits per heavy atom. The third-order valence-corrected chi connectivity index (χ3v) is 0.688. The van der Waals surface area contributed by atoms with Crippen molar-refractivity contribution in [1.82, 2.24) is 0 Å². The van der Waals surface area contributed by atoms with Crippen LogP contribution in [-0.4, -0.2) is 0 Å². The molecule has 0 aromatic carbocycles. The molecule has 0 N–H and O–H groups in total. The van der Waals surface area contributed by atoms with E-state index in [1.54, 1.807) is 0 Å². The van der Waals surface area contributed by atoms with Crippen LogP contribution in [0.2, 0.25) is 0 Å². The van der Waals surface area contributed by atoms with E-state index < -0.39 is 0 Å². The topological polar surface area (TPSA) is 0 Å². The van der Waals surface area contributed by atoms with E-state index in [0.29, 0.717) is 5.92 Å². The van der Waals surface area contributed by atoms with Gasteiger partial charge in [-0.15, -0.1) is 0 Å². The van der Waals surface area contributed by atoms with Crippen molar-refractivity contribution in [2.75, 3.05) is 0 Å². The van der Waals surface area contributed by atoms with Crippen LogP contribution in [0.1, 0.15) is 20.3 Å². The fraction of sp³-hybridized carbons (Fsp3) is 0.571. The molecule has 0 aromatic rings. The average molecular weight is 97.2 g/mol. The standard InChI is InChI=1S/C7H13/c1-4-5-6-7(2)3/h5-7H,1,4H2,2-3H3/b6-5-. The summed E-state index contributed by atoms with van der Waals surface area (Å²) in [6.45, 7) is 7.99. The number of rotatable bonds is 2. The van der Waals surface area contributed by atoms with Gasteiger partial charge in [0.2, 0.25) is 0 Å². The molecule has 7 heavy (non-hydrogen) atoms. The highest BCUT2D eigenvalue weighted by molar-refractivity contribution is 4.84. The molecule has 0 bridgehead atoms. The third-order valence-electron chi connectivity index (χ3n) is 0.688. The van der Waals surface area contributed by atoms with E-state index in [1.807, 2.05) is 0 Å². The molecule has 0 saturated heterocycles. The highest BCUT2D eigenvalue weighted by atomic mass is 13.8. The van der Waals surface area contributed by atoms with Crippen LogP contribution in [0.15, 0.2) is 12.2 Å². The summed E-state index contributed by atoms with van der Waals surface area (Å²) < 4.78 is 0. The second kappa shape index (κ2) is 3.91. The van der Waals surface area contributed by atoms with Gasteiger partial charge < -0.3 is 0 Å². The summed E-state index contributed by atoms with van der Waals surface area (Å²) in [4.78, 5) is 0. The molecule has 0 saturated carbocycles. The van der Waals surface area contributed by atoms with Gasteiger partial charge in [-0.3, -0.25) is 0 Å². The van der Waals surface area contributed by atoms with Crippen molar-refractivity contribution < 1.29 is 0 Å². The summed E-state index contributed by atoms with van der Waals surface area (Å²) in [6.07, 6.45) is 5.16. The van der Waals surface area contributed by atoms with Crippen molar-refractivity contribution in [3.8, 4) is 0 Å². The van der Waals surface area contributed by atoms with Crippen molar-refractivity contribution >= 4 is 0 Å². The molecule has 0 heteroatoms. The molecular weight excluding hydrogens is 84.1 g/mol. The van der Waals surface area contributed by atoms with Crippen LogP contribution in [-0.2, 0) is 0 Å². The maximum Gasteiger partial charge on any atom is -0.0290 e. The maximum absolute atomic E-state index is 3.67. The molecule has 1 radical (unpaired) electrons. The molecule has 0 aliphatic rings. The molecule has 0 aliphatic carbocycles. The van der Waals surface area contributed by atoms with Crippen LogP contribution in [0.25, 0.3) is 0 Å². The summed E-state index contributed by atoms with van der Waals surface area (Å²) in [5.41, 5.74) is 0. The van der Waals surface area contributed by atoms with Gasteiger partial charge in [0, 0.05) is 0 Å². The maximum atomic E-state index is 3.67. The second-order valence-electron chi connectivity index (χ2n) is 1.96. The van der Waals surface area contributed by atoms with Crippen molar-refractivity contribution in [3.63, 3.8) is 0 Å². The summed E-state index contributed by atoms with van der Waals surface area (Å²) in [7, 11) is 0. The van der Waals surface area contributed by atoms with Gasteiger partial charge in [-0.1, -0.05) is 26.0 Å². The Hall–Kier alpha value is -0.260. The summed E-state index contributed by atoms with van der Waals surface area (Å²) in [5.74, 6) is 0.682. The zero-order valence-corrected chi connectivity index (χ0v) is 5.15. The molecule has 0 aliphatic heterocycles. The van der Waals surface area contributed by atoms with E-state index in [-0.39, 0.29) is 0 Å². The van der Waals surface area contributed by atoms with Crippen LogP contribution in [0.4, 0.5) is 0 Å². The minimum Gasteiger partial charge on any atom is -0.0883 e. The van der Waals surface area contributed by atoms with E-state index in [2.05, 4.69) is 32.9 Å². The van der Waals surface area contributed by atoms with E-state index in [4.69, 9.17) is 0 Å². The molecule has 0 rings (SSSR count). The molecule has 0 fully saturated rings. The first-order valence-corrected chi connectivity index (χ1v) is 2.73. The lowest BCUT2D eigenvalue weighted by molar-refractivity contribution is 0.828. The van der Waals surface area contributed by atoms with Crippen LogP contribution in [0, 0.1) is 12.8 Å². The van der Waals surface area contributed by atoms with Crippen molar-refractivity contribution in [3.05, 3.63) is 19.1 Å². The predicted octanol–water partition coefficient (Wildman–Crippen LogP) is 2.42. The Labute approximate surface area is 46.2 Å². The van der Waals surface area contributed by atoms with Crippen LogP contribution in [0.5, 0.6) is 0 Å². The summed E-state index contributed by atoms with van der Waals surface area (Å²) in [6, 6.07) is 0. The van der Waals surface area contributed by atoms with Crippen molar-refractivity contribution in [2.45, 2.75) is 20.3 Å². The molecule has 0 unspecified atom stereocenters. The van der Waals surface area contributed by atoms with Crippen LogP contribution < -0.4 is 0 Å². The van der Waals surface area contributed by atoms with Crippen LogP contribution >= 0.6 is 0 Å². The molecular formula is C7H13. The molecule has 0 spiro atoms. The largest absolute Gasteiger partial charge is 0.0883 e. The molecule has 0 nitrogen and oxygen atoms in total. The molecule has 0 amide bonds. The van der Waals surface area contributed by atoms with Gasteiger partial charge in [-0.05, 0) is 19.3 Å². The van der Waals surface area contributed by atoms with E-state index in [1.165, 1.54) is 0 Å². The monoisotopic (exact) mass is 97.1 g/mol. The fourth-order valence-electron chi connectivity index (χ4n) is 0.368. The molecule has 0 aromatic heterocycles. The van der Waals surface area contributed by atoms with E-state index in [0.717, 1.165) is 6.42 Å². The van der Waals surface area contributed by atoms with E-state index in [9.17, 15) is 0 Å². The third kappa shape index (κ3) is 5.74. The zero-order chi connectivity index (χ0) is 5.70. The lowest BCUT2D eigenvalue weighted by Crippen LogP contribution is -1.74. The SMILES string of the molecule is [CH2]C/C=C\C(C)C. The number of hydrogen-bond donors (Lipinski definition) is 0. The van der Waals surface area contributed by atoms with Gasteiger partial charge in [-0.25, -0.2) is 0 Å². The lowest BCUT2D eigenvalue weighted by atomic mass is 10.2. The Morgan fingerprint density at radius 3 is 2.29 bits per heavy atom. The van der Waals surface area contributed by atoms with Crippen molar-refractivity contribution in [1.29, 1.82) is 0 Å². The van der Waals surface area contributed by atoms with Gasteiger partial charge >= 0.3 is 0 Å². The normalized spacial score (nSPS) is 11.4. The first kappa shape index (κ1) is 6.74.